The highest BCUT2D eigenvalue weighted by atomic mass is 15.3. The summed E-state index contributed by atoms with van der Waals surface area (Å²) >= 11 is 0. The van der Waals surface area contributed by atoms with Crippen molar-refractivity contribution in [1.82, 2.24) is 20.0 Å². The predicted octanol–water partition coefficient (Wildman–Crippen LogP) is 3.49. The fraction of sp³-hybridized carbons (Fsp3) is 0.294. The van der Waals surface area contributed by atoms with Crippen molar-refractivity contribution in [2.24, 2.45) is 7.05 Å². The molecule has 0 amide bonds. The first-order valence-corrected chi connectivity index (χ1v) is 7.42. The molecule has 0 atom stereocenters. The molecule has 3 rings (SSSR count). The van der Waals surface area contributed by atoms with Crippen LogP contribution in [0.3, 0.4) is 0 Å². The van der Waals surface area contributed by atoms with E-state index in [1.54, 1.807) is 0 Å². The van der Waals surface area contributed by atoms with Gasteiger partial charge in [-0.25, -0.2) is 0 Å². The minimum absolute atomic E-state index is 0.376. The monoisotopic (exact) mass is 295 g/mol. The summed E-state index contributed by atoms with van der Waals surface area (Å²) in [6, 6.07) is 8.37. The van der Waals surface area contributed by atoms with Crippen LogP contribution in [-0.2, 0) is 7.05 Å². The molecule has 0 aliphatic carbocycles. The molecule has 2 aromatic heterocycles. The van der Waals surface area contributed by atoms with Crippen molar-refractivity contribution < 1.29 is 0 Å². The molecule has 2 heterocycles. The average Bonchev–Trinajstić information content (AvgIpc) is 3.02. The number of nitrogens with one attached hydrogen (secondary N) is 1. The van der Waals surface area contributed by atoms with Crippen molar-refractivity contribution in [3.8, 4) is 22.3 Å². The van der Waals surface area contributed by atoms with E-state index in [1.807, 2.05) is 24.7 Å². The summed E-state index contributed by atoms with van der Waals surface area (Å²) in [5.74, 6) is 0.908. The summed E-state index contributed by atoms with van der Waals surface area (Å²) in [5, 5.41) is 11.6. The summed E-state index contributed by atoms with van der Waals surface area (Å²) in [5.41, 5.74) is 12.4. The van der Waals surface area contributed by atoms with Crippen molar-refractivity contribution in [2.45, 2.75) is 26.7 Å². The van der Waals surface area contributed by atoms with E-state index in [2.05, 4.69) is 53.5 Å². The molecule has 22 heavy (non-hydrogen) atoms. The Labute approximate surface area is 130 Å². The Balaban J connectivity index is 2.13. The molecule has 0 aliphatic rings. The first-order chi connectivity index (χ1) is 10.5. The SMILES string of the molecule is Cc1[nH]nc(N)c1-c1cccc(-c2cn(C)nc2C(C)C)c1. The zero-order valence-electron chi connectivity index (χ0n) is 13.4. The van der Waals surface area contributed by atoms with E-state index in [0.717, 1.165) is 28.1 Å². The molecule has 0 bridgehead atoms. The van der Waals surface area contributed by atoms with Crippen molar-refractivity contribution in [2.75, 3.05) is 5.73 Å². The molecule has 0 saturated heterocycles. The lowest BCUT2D eigenvalue weighted by molar-refractivity contribution is 0.713. The van der Waals surface area contributed by atoms with E-state index in [9.17, 15) is 0 Å². The Kier molecular flexibility index (Phi) is 3.48. The molecule has 1 aromatic carbocycles. The van der Waals surface area contributed by atoms with Crippen LogP contribution >= 0.6 is 0 Å². The maximum Gasteiger partial charge on any atom is 0.153 e. The van der Waals surface area contributed by atoms with E-state index < -0.39 is 0 Å². The van der Waals surface area contributed by atoms with E-state index in [1.165, 1.54) is 5.56 Å². The van der Waals surface area contributed by atoms with Gasteiger partial charge in [0.2, 0.25) is 0 Å². The van der Waals surface area contributed by atoms with Gasteiger partial charge in [-0.1, -0.05) is 32.0 Å². The Morgan fingerprint density at radius 2 is 1.95 bits per heavy atom. The molecule has 5 heteroatoms. The summed E-state index contributed by atoms with van der Waals surface area (Å²) in [6.07, 6.45) is 2.07. The second-order valence-corrected chi connectivity index (χ2v) is 5.95. The van der Waals surface area contributed by atoms with Crippen molar-refractivity contribution >= 4 is 5.82 Å². The third kappa shape index (κ3) is 2.39. The van der Waals surface area contributed by atoms with E-state index in [-0.39, 0.29) is 0 Å². The average molecular weight is 295 g/mol. The zero-order chi connectivity index (χ0) is 15.9. The molecular weight excluding hydrogens is 274 g/mol. The third-order valence-corrected chi connectivity index (χ3v) is 3.84. The van der Waals surface area contributed by atoms with Gasteiger partial charge in [0.15, 0.2) is 5.82 Å². The Morgan fingerprint density at radius 1 is 1.23 bits per heavy atom. The molecule has 3 N–H and O–H groups in total. The van der Waals surface area contributed by atoms with Gasteiger partial charge in [0.1, 0.15) is 0 Å². The number of hydrogen-bond donors (Lipinski definition) is 2. The van der Waals surface area contributed by atoms with Crippen LogP contribution in [0.25, 0.3) is 22.3 Å². The van der Waals surface area contributed by atoms with Gasteiger partial charge in [0.25, 0.3) is 0 Å². The van der Waals surface area contributed by atoms with E-state index >= 15 is 0 Å². The van der Waals surface area contributed by atoms with Crippen LogP contribution in [0.15, 0.2) is 30.5 Å². The fourth-order valence-corrected chi connectivity index (χ4v) is 2.81. The molecular formula is C17H21N5. The van der Waals surface area contributed by atoms with Crippen LogP contribution in [0, 0.1) is 6.92 Å². The van der Waals surface area contributed by atoms with Gasteiger partial charge in [-0.3, -0.25) is 9.78 Å². The number of hydrogen-bond acceptors (Lipinski definition) is 3. The lowest BCUT2D eigenvalue weighted by atomic mass is 9.96. The number of aromatic nitrogens is 4. The standard InChI is InChI=1S/C17H21N5/c1-10(2)16-14(9-22(4)21-16)12-6-5-7-13(8-12)15-11(3)19-20-17(15)18/h5-10H,1-4H3,(H3,18,19,20). The van der Waals surface area contributed by atoms with Crippen LogP contribution < -0.4 is 5.73 Å². The van der Waals surface area contributed by atoms with Gasteiger partial charge in [0.05, 0.1) is 5.69 Å². The van der Waals surface area contributed by atoms with Gasteiger partial charge in [-0.15, -0.1) is 0 Å². The summed E-state index contributed by atoms with van der Waals surface area (Å²) in [6.45, 7) is 6.30. The van der Waals surface area contributed by atoms with Gasteiger partial charge in [0, 0.05) is 30.1 Å². The molecule has 3 aromatic rings. The summed E-state index contributed by atoms with van der Waals surface area (Å²) in [4.78, 5) is 0. The normalized spacial score (nSPS) is 11.3. The van der Waals surface area contributed by atoms with Crippen molar-refractivity contribution in [1.29, 1.82) is 0 Å². The molecule has 5 nitrogen and oxygen atoms in total. The Hall–Kier alpha value is -2.56. The molecule has 114 valence electrons. The lowest BCUT2D eigenvalue weighted by Crippen LogP contribution is -1.94. The van der Waals surface area contributed by atoms with Gasteiger partial charge < -0.3 is 5.73 Å². The Bertz CT molecular complexity index is 791. The molecule has 0 saturated carbocycles. The second-order valence-electron chi connectivity index (χ2n) is 5.95. The quantitative estimate of drug-likeness (QED) is 0.777. The number of nitrogens with two attached hydrogens (primary N) is 1. The number of nitrogen functional groups attached to an aromatic ring is 1. The third-order valence-electron chi connectivity index (χ3n) is 3.84. The number of aromatic amines is 1. The van der Waals surface area contributed by atoms with Gasteiger partial charge in [-0.05, 0) is 30.0 Å². The molecule has 0 fully saturated rings. The van der Waals surface area contributed by atoms with Crippen LogP contribution in [0.5, 0.6) is 0 Å². The zero-order valence-corrected chi connectivity index (χ0v) is 13.4. The number of H-pyrrole nitrogens is 1. The van der Waals surface area contributed by atoms with E-state index in [0.29, 0.717) is 11.7 Å². The van der Waals surface area contributed by atoms with Crippen LogP contribution in [0.4, 0.5) is 5.82 Å². The van der Waals surface area contributed by atoms with Crippen molar-refractivity contribution in [3.05, 3.63) is 41.9 Å². The van der Waals surface area contributed by atoms with Gasteiger partial charge in [-0.2, -0.15) is 10.2 Å². The number of rotatable bonds is 3. The van der Waals surface area contributed by atoms with E-state index in [4.69, 9.17) is 5.73 Å². The van der Waals surface area contributed by atoms with Crippen LogP contribution in [-0.4, -0.2) is 20.0 Å². The highest BCUT2D eigenvalue weighted by Gasteiger charge is 2.15. The highest BCUT2D eigenvalue weighted by Crippen LogP contribution is 2.33. The Morgan fingerprint density at radius 3 is 2.59 bits per heavy atom. The lowest BCUT2D eigenvalue weighted by Gasteiger charge is -2.08. The maximum absolute atomic E-state index is 5.99. The maximum atomic E-state index is 5.99. The summed E-state index contributed by atoms with van der Waals surface area (Å²) in [7, 11) is 1.96. The number of aryl methyl sites for hydroxylation is 2. The second kappa shape index (κ2) is 5.33. The topological polar surface area (TPSA) is 72.5 Å². The fourth-order valence-electron chi connectivity index (χ4n) is 2.81. The van der Waals surface area contributed by atoms with Crippen LogP contribution in [0.2, 0.25) is 0 Å². The molecule has 0 spiro atoms. The summed E-state index contributed by atoms with van der Waals surface area (Å²) < 4.78 is 1.87. The number of anilines is 1. The molecule has 0 aliphatic heterocycles. The van der Waals surface area contributed by atoms with Crippen LogP contribution in [0.1, 0.15) is 31.2 Å². The molecule has 0 radical (unpaired) electrons. The predicted molar refractivity (Wildman–Crippen MR) is 89.5 cm³/mol. The minimum Gasteiger partial charge on any atom is -0.382 e. The van der Waals surface area contributed by atoms with Crippen molar-refractivity contribution in [3.63, 3.8) is 0 Å². The highest BCUT2D eigenvalue weighted by molar-refractivity contribution is 5.80. The first kappa shape index (κ1) is 14.4. The largest absolute Gasteiger partial charge is 0.382 e. The van der Waals surface area contributed by atoms with Gasteiger partial charge >= 0.3 is 0 Å². The first-order valence-electron chi connectivity index (χ1n) is 7.42. The number of benzene rings is 1. The molecule has 0 unspecified atom stereocenters. The minimum atomic E-state index is 0.376. The number of nitrogens with zero attached hydrogens (tertiary/aromatic N) is 3. The smallest absolute Gasteiger partial charge is 0.153 e.